The number of hydrogen-bond acceptors (Lipinski definition) is 5. The van der Waals surface area contributed by atoms with Crippen LogP contribution in [0.15, 0.2) is 0 Å². The molecule has 118 valence electrons. The first-order valence-corrected chi connectivity index (χ1v) is 10.2. The lowest BCUT2D eigenvalue weighted by Gasteiger charge is -2.34. The van der Waals surface area contributed by atoms with Crippen molar-refractivity contribution in [1.82, 2.24) is 13.9 Å². The van der Waals surface area contributed by atoms with E-state index in [1.807, 2.05) is 0 Å². The van der Waals surface area contributed by atoms with Crippen molar-refractivity contribution in [2.75, 3.05) is 39.0 Å². The highest BCUT2D eigenvalue weighted by molar-refractivity contribution is 7.89. The Kier molecular flexibility index (Phi) is 4.75. The van der Waals surface area contributed by atoms with Crippen molar-refractivity contribution in [1.29, 1.82) is 0 Å². The SMILES string of the molecule is CC(CNC1CC1)S(=O)(=O)N1CCN(S(C)(=O)=O)CC1. The number of rotatable bonds is 6. The van der Waals surface area contributed by atoms with Gasteiger partial charge in [0.1, 0.15) is 0 Å². The molecule has 2 rings (SSSR count). The summed E-state index contributed by atoms with van der Waals surface area (Å²) in [6.07, 6.45) is 3.40. The predicted molar refractivity (Wildman–Crippen MR) is 77.4 cm³/mol. The van der Waals surface area contributed by atoms with Crippen LogP contribution < -0.4 is 5.32 Å². The molecule has 0 bridgehead atoms. The molecular weight excluding hydrogens is 302 g/mol. The van der Waals surface area contributed by atoms with Gasteiger partial charge in [0.05, 0.1) is 11.5 Å². The van der Waals surface area contributed by atoms with Gasteiger partial charge in [0.2, 0.25) is 20.0 Å². The van der Waals surface area contributed by atoms with Crippen LogP contribution in [-0.4, -0.2) is 75.7 Å². The molecular formula is C11H23N3O4S2. The van der Waals surface area contributed by atoms with Crippen LogP contribution in [-0.2, 0) is 20.0 Å². The third kappa shape index (κ3) is 3.91. The number of nitrogens with one attached hydrogen (secondary N) is 1. The van der Waals surface area contributed by atoms with Crippen molar-refractivity contribution < 1.29 is 16.8 Å². The summed E-state index contributed by atoms with van der Waals surface area (Å²) in [6, 6.07) is 0.481. The van der Waals surface area contributed by atoms with E-state index in [2.05, 4.69) is 5.32 Å². The smallest absolute Gasteiger partial charge is 0.218 e. The summed E-state index contributed by atoms with van der Waals surface area (Å²) in [7, 11) is -6.58. The molecule has 1 unspecified atom stereocenters. The largest absolute Gasteiger partial charge is 0.313 e. The Hall–Kier alpha value is -0.220. The van der Waals surface area contributed by atoms with Gasteiger partial charge < -0.3 is 5.32 Å². The van der Waals surface area contributed by atoms with Gasteiger partial charge >= 0.3 is 0 Å². The molecule has 0 amide bonds. The van der Waals surface area contributed by atoms with E-state index >= 15 is 0 Å². The van der Waals surface area contributed by atoms with Gasteiger partial charge in [-0.3, -0.25) is 0 Å². The minimum atomic E-state index is -3.35. The van der Waals surface area contributed by atoms with E-state index in [1.54, 1.807) is 6.92 Å². The van der Waals surface area contributed by atoms with Crippen molar-refractivity contribution in [3.05, 3.63) is 0 Å². The highest BCUT2D eigenvalue weighted by Gasteiger charge is 2.34. The van der Waals surface area contributed by atoms with Crippen LogP contribution in [0.3, 0.4) is 0 Å². The van der Waals surface area contributed by atoms with Gasteiger partial charge in [-0.05, 0) is 19.8 Å². The fourth-order valence-electron chi connectivity index (χ4n) is 2.24. The van der Waals surface area contributed by atoms with E-state index < -0.39 is 25.3 Å². The number of piperazine rings is 1. The summed E-state index contributed by atoms with van der Waals surface area (Å²) in [5, 5.41) is 2.74. The Labute approximate surface area is 121 Å². The zero-order valence-corrected chi connectivity index (χ0v) is 13.6. The molecule has 0 radical (unpaired) electrons. The normalized spacial score (nSPS) is 24.7. The highest BCUT2D eigenvalue weighted by atomic mass is 32.2. The molecule has 1 heterocycles. The second-order valence-electron chi connectivity index (χ2n) is 5.60. The van der Waals surface area contributed by atoms with Gasteiger partial charge in [0.15, 0.2) is 0 Å². The molecule has 1 aliphatic heterocycles. The van der Waals surface area contributed by atoms with Crippen LogP contribution in [0.5, 0.6) is 0 Å². The molecule has 1 atom stereocenters. The fraction of sp³-hybridized carbons (Fsp3) is 1.00. The van der Waals surface area contributed by atoms with Gasteiger partial charge in [-0.2, -0.15) is 8.61 Å². The maximum Gasteiger partial charge on any atom is 0.218 e. The van der Waals surface area contributed by atoms with Crippen molar-refractivity contribution in [2.45, 2.75) is 31.1 Å². The standard InChI is InChI=1S/C11H23N3O4S2/c1-10(9-12-11-3-4-11)20(17,18)14-7-5-13(6-8-14)19(2,15)16/h10-12H,3-9H2,1-2H3. The number of sulfonamides is 2. The van der Waals surface area contributed by atoms with Gasteiger partial charge in [0.25, 0.3) is 0 Å². The number of hydrogen-bond donors (Lipinski definition) is 1. The maximum absolute atomic E-state index is 12.4. The van der Waals surface area contributed by atoms with Crippen LogP contribution in [0.4, 0.5) is 0 Å². The molecule has 1 saturated heterocycles. The predicted octanol–water partition coefficient (Wildman–Crippen LogP) is -0.966. The van der Waals surface area contributed by atoms with E-state index in [4.69, 9.17) is 0 Å². The summed E-state index contributed by atoms with van der Waals surface area (Å²) in [6.45, 7) is 3.11. The van der Waals surface area contributed by atoms with Crippen LogP contribution in [0, 0.1) is 0 Å². The van der Waals surface area contributed by atoms with Gasteiger partial charge in [-0.15, -0.1) is 0 Å². The van der Waals surface area contributed by atoms with E-state index in [1.165, 1.54) is 8.61 Å². The first-order valence-electron chi connectivity index (χ1n) is 6.89. The van der Waals surface area contributed by atoms with Gasteiger partial charge in [-0.1, -0.05) is 0 Å². The van der Waals surface area contributed by atoms with Gasteiger partial charge in [-0.25, -0.2) is 16.8 Å². The average Bonchev–Trinajstić information content (AvgIpc) is 3.19. The van der Waals surface area contributed by atoms with E-state index in [0.717, 1.165) is 19.1 Å². The third-order valence-electron chi connectivity index (χ3n) is 3.81. The zero-order valence-electron chi connectivity index (χ0n) is 11.9. The van der Waals surface area contributed by atoms with Gasteiger partial charge in [0, 0.05) is 38.8 Å². The zero-order chi connectivity index (χ0) is 15.0. The topological polar surface area (TPSA) is 86.8 Å². The highest BCUT2D eigenvalue weighted by Crippen LogP contribution is 2.20. The molecule has 1 N–H and O–H groups in total. The van der Waals surface area contributed by atoms with Crippen molar-refractivity contribution in [3.63, 3.8) is 0 Å². The Morgan fingerprint density at radius 3 is 2.00 bits per heavy atom. The fourth-order valence-corrected chi connectivity index (χ4v) is 4.55. The molecule has 1 saturated carbocycles. The first-order chi connectivity index (χ1) is 9.21. The van der Waals surface area contributed by atoms with Crippen molar-refractivity contribution in [3.8, 4) is 0 Å². The van der Waals surface area contributed by atoms with Crippen LogP contribution in [0.25, 0.3) is 0 Å². The van der Waals surface area contributed by atoms with Crippen LogP contribution >= 0.6 is 0 Å². The number of nitrogens with zero attached hydrogens (tertiary/aromatic N) is 2. The Bertz CT molecular complexity index is 534. The third-order valence-corrected chi connectivity index (χ3v) is 7.38. The summed E-state index contributed by atoms with van der Waals surface area (Å²) in [5.41, 5.74) is 0. The molecule has 0 spiro atoms. The van der Waals surface area contributed by atoms with E-state index in [0.29, 0.717) is 12.6 Å². The molecule has 0 aromatic heterocycles. The maximum atomic E-state index is 12.4. The lowest BCUT2D eigenvalue weighted by Crippen LogP contribution is -2.53. The second-order valence-corrected chi connectivity index (χ2v) is 9.93. The first kappa shape index (κ1) is 16.2. The molecule has 20 heavy (non-hydrogen) atoms. The van der Waals surface area contributed by atoms with Crippen molar-refractivity contribution in [2.24, 2.45) is 0 Å². The molecule has 0 aromatic carbocycles. The molecule has 2 fully saturated rings. The Morgan fingerprint density at radius 1 is 1.05 bits per heavy atom. The second kappa shape index (κ2) is 5.88. The molecule has 2 aliphatic rings. The van der Waals surface area contributed by atoms with Crippen molar-refractivity contribution >= 4 is 20.0 Å². The summed E-state index contributed by atoms with van der Waals surface area (Å²) < 4.78 is 50.3. The molecule has 0 aromatic rings. The monoisotopic (exact) mass is 325 g/mol. The lowest BCUT2D eigenvalue weighted by atomic mass is 10.4. The van der Waals surface area contributed by atoms with Crippen LogP contribution in [0.1, 0.15) is 19.8 Å². The molecule has 7 nitrogen and oxygen atoms in total. The minimum absolute atomic E-state index is 0.237. The van der Waals surface area contributed by atoms with E-state index in [-0.39, 0.29) is 26.2 Å². The summed E-state index contributed by atoms with van der Waals surface area (Å²) >= 11 is 0. The molecule has 9 heteroatoms. The average molecular weight is 325 g/mol. The molecule has 1 aliphatic carbocycles. The quantitative estimate of drug-likeness (QED) is 0.679. The lowest BCUT2D eigenvalue weighted by molar-refractivity contribution is 0.272. The minimum Gasteiger partial charge on any atom is -0.313 e. The summed E-state index contributed by atoms with van der Waals surface area (Å²) in [5.74, 6) is 0. The van der Waals surface area contributed by atoms with E-state index in [9.17, 15) is 16.8 Å². The Morgan fingerprint density at radius 2 is 1.55 bits per heavy atom. The summed E-state index contributed by atoms with van der Waals surface area (Å²) in [4.78, 5) is 0. The van der Waals surface area contributed by atoms with Crippen LogP contribution in [0.2, 0.25) is 0 Å². The Balaban J connectivity index is 1.90.